The molecule has 5 heteroatoms. The molecule has 0 spiro atoms. The van der Waals surface area contributed by atoms with Gasteiger partial charge in [-0.25, -0.2) is 0 Å². The van der Waals surface area contributed by atoms with Crippen LogP contribution in [0.5, 0.6) is 0 Å². The summed E-state index contributed by atoms with van der Waals surface area (Å²) in [6, 6.07) is 0. The van der Waals surface area contributed by atoms with Crippen molar-refractivity contribution in [1.82, 2.24) is 5.32 Å². The summed E-state index contributed by atoms with van der Waals surface area (Å²) >= 11 is 0. The number of carbonyl (C=O) groups is 1. The highest BCUT2D eigenvalue weighted by atomic mass is 16.5. The van der Waals surface area contributed by atoms with Crippen molar-refractivity contribution in [3.63, 3.8) is 0 Å². The first-order chi connectivity index (χ1) is 9.62. The third-order valence-corrected chi connectivity index (χ3v) is 3.98. The quantitative estimate of drug-likeness (QED) is 0.518. The summed E-state index contributed by atoms with van der Waals surface area (Å²) in [6.45, 7) is 4.16. The van der Waals surface area contributed by atoms with Crippen molar-refractivity contribution in [3.05, 3.63) is 0 Å². The van der Waals surface area contributed by atoms with Crippen molar-refractivity contribution in [2.75, 3.05) is 34.0 Å². The molecule has 1 saturated heterocycles. The average molecular weight is 287 g/mol. The van der Waals surface area contributed by atoms with Crippen molar-refractivity contribution in [1.29, 1.82) is 0 Å². The van der Waals surface area contributed by atoms with Crippen LogP contribution in [0.3, 0.4) is 0 Å². The second-order valence-corrected chi connectivity index (χ2v) is 5.59. The topological polar surface area (TPSA) is 56.8 Å². The van der Waals surface area contributed by atoms with Gasteiger partial charge in [-0.2, -0.15) is 0 Å². The zero-order chi connectivity index (χ0) is 14.8. The lowest BCUT2D eigenvalue weighted by molar-refractivity contribution is -0.148. The molecule has 0 aromatic rings. The maximum absolute atomic E-state index is 11.7. The minimum atomic E-state index is -0.596. The van der Waals surface area contributed by atoms with E-state index in [0.29, 0.717) is 6.61 Å². The minimum Gasteiger partial charge on any atom is -0.468 e. The van der Waals surface area contributed by atoms with Crippen LogP contribution in [0.4, 0.5) is 0 Å². The highest BCUT2D eigenvalue weighted by Gasteiger charge is 2.31. The molecule has 0 saturated carbocycles. The van der Waals surface area contributed by atoms with Crippen LogP contribution in [0.1, 0.15) is 45.4 Å². The Labute approximate surface area is 122 Å². The molecule has 0 aliphatic carbocycles. The number of ether oxygens (including phenoxy) is 3. The van der Waals surface area contributed by atoms with Gasteiger partial charge < -0.3 is 19.5 Å². The first kappa shape index (κ1) is 17.4. The van der Waals surface area contributed by atoms with Gasteiger partial charge in [0.05, 0.1) is 19.8 Å². The molecule has 2 unspecified atom stereocenters. The number of carbonyl (C=O) groups excluding carboxylic acids is 1. The van der Waals surface area contributed by atoms with E-state index >= 15 is 0 Å². The van der Waals surface area contributed by atoms with Crippen LogP contribution in [0.25, 0.3) is 0 Å². The Bertz CT molecular complexity index is 279. The molecule has 0 radical (unpaired) electrons. The number of likely N-dealkylation sites (N-methyl/N-ethyl adjacent to an activating group) is 1. The van der Waals surface area contributed by atoms with Crippen molar-refractivity contribution in [3.8, 4) is 0 Å². The molecule has 0 aromatic carbocycles. The molecular weight excluding hydrogens is 258 g/mol. The molecule has 1 aliphatic heterocycles. The van der Waals surface area contributed by atoms with Crippen LogP contribution in [0, 0.1) is 0 Å². The van der Waals surface area contributed by atoms with E-state index in [4.69, 9.17) is 14.2 Å². The lowest BCUT2D eigenvalue weighted by Gasteiger charge is -2.26. The van der Waals surface area contributed by atoms with Crippen molar-refractivity contribution in [2.45, 2.75) is 57.1 Å². The number of hydrogen-bond donors (Lipinski definition) is 1. The normalized spacial score (nSPS) is 22.2. The summed E-state index contributed by atoms with van der Waals surface area (Å²) in [5.74, 6) is -0.212. The van der Waals surface area contributed by atoms with Crippen LogP contribution in [-0.2, 0) is 19.0 Å². The van der Waals surface area contributed by atoms with Crippen LogP contribution in [0.2, 0.25) is 0 Å². The van der Waals surface area contributed by atoms with Crippen molar-refractivity contribution >= 4 is 5.97 Å². The molecular formula is C15H29NO4. The fraction of sp³-hybridized carbons (Fsp3) is 0.933. The Balaban J connectivity index is 2.07. The fourth-order valence-electron chi connectivity index (χ4n) is 2.39. The predicted molar refractivity (Wildman–Crippen MR) is 77.7 cm³/mol. The fourth-order valence-corrected chi connectivity index (χ4v) is 2.39. The Morgan fingerprint density at radius 1 is 1.40 bits per heavy atom. The number of nitrogens with one attached hydrogen (secondary N) is 1. The molecule has 1 rings (SSSR count). The van der Waals surface area contributed by atoms with Gasteiger partial charge in [-0.15, -0.1) is 0 Å². The van der Waals surface area contributed by atoms with E-state index in [1.807, 2.05) is 6.92 Å². The average Bonchev–Trinajstić information content (AvgIpc) is 2.50. The number of esters is 1. The number of hydrogen-bond acceptors (Lipinski definition) is 5. The molecule has 20 heavy (non-hydrogen) atoms. The van der Waals surface area contributed by atoms with Gasteiger partial charge in [0, 0.05) is 13.2 Å². The van der Waals surface area contributed by atoms with Gasteiger partial charge >= 0.3 is 5.97 Å². The summed E-state index contributed by atoms with van der Waals surface area (Å²) in [5.41, 5.74) is -0.596. The molecule has 5 nitrogen and oxygen atoms in total. The molecule has 1 heterocycles. The number of unbranched alkanes of at least 4 members (excludes halogenated alkanes) is 1. The summed E-state index contributed by atoms with van der Waals surface area (Å²) in [7, 11) is 3.21. The molecule has 1 N–H and O–H groups in total. The first-order valence-corrected chi connectivity index (χ1v) is 7.59. The number of methoxy groups -OCH3 is 1. The van der Waals surface area contributed by atoms with E-state index < -0.39 is 5.54 Å². The highest BCUT2D eigenvalue weighted by molar-refractivity contribution is 5.80. The molecule has 118 valence electrons. The Morgan fingerprint density at radius 2 is 2.20 bits per heavy atom. The van der Waals surface area contributed by atoms with Gasteiger partial charge in [-0.05, 0) is 52.5 Å². The second kappa shape index (κ2) is 9.32. The monoisotopic (exact) mass is 287 g/mol. The Morgan fingerprint density at radius 3 is 2.80 bits per heavy atom. The molecule has 2 atom stereocenters. The predicted octanol–water partition coefficient (Wildman–Crippen LogP) is 1.89. The van der Waals surface area contributed by atoms with E-state index in [-0.39, 0.29) is 12.1 Å². The van der Waals surface area contributed by atoms with Crippen LogP contribution in [-0.4, -0.2) is 51.6 Å². The van der Waals surface area contributed by atoms with E-state index in [0.717, 1.165) is 38.9 Å². The zero-order valence-corrected chi connectivity index (χ0v) is 13.1. The van der Waals surface area contributed by atoms with Gasteiger partial charge in [-0.3, -0.25) is 4.79 Å². The van der Waals surface area contributed by atoms with Gasteiger partial charge in [0.2, 0.25) is 0 Å². The van der Waals surface area contributed by atoms with Crippen molar-refractivity contribution < 1.29 is 19.0 Å². The third-order valence-electron chi connectivity index (χ3n) is 3.98. The zero-order valence-electron chi connectivity index (χ0n) is 13.1. The lowest BCUT2D eigenvalue weighted by atomic mass is 9.95. The first-order valence-electron chi connectivity index (χ1n) is 7.59. The maximum Gasteiger partial charge on any atom is 0.325 e. The Hall–Kier alpha value is -0.650. The third kappa shape index (κ3) is 5.77. The molecule has 0 aromatic heterocycles. The summed E-state index contributed by atoms with van der Waals surface area (Å²) in [5, 5.41) is 3.04. The molecule has 1 fully saturated rings. The maximum atomic E-state index is 11.7. The minimum absolute atomic E-state index is 0.212. The van der Waals surface area contributed by atoms with E-state index in [9.17, 15) is 4.79 Å². The second-order valence-electron chi connectivity index (χ2n) is 5.59. The molecule has 0 amide bonds. The van der Waals surface area contributed by atoms with Crippen LogP contribution < -0.4 is 5.32 Å². The smallest absolute Gasteiger partial charge is 0.325 e. The molecule has 0 bridgehead atoms. The van der Waals surface area contributed by atoms with E-state index in [2.05, 4.69) is 5.32 Å². The Kier molecular flexibility index (Phi) is 8.11. The number of rotatable bonds is 9. The van der Waals surface area contributed by atoms with Gasteiger partial charge in [-0.1, -0.05) is 0 Å². The van der Waals surface area contributed by atoms with E-state index in [1.54, 1.807) is 7.05 Å². The van der Waals surface area contributed by atoms with Crippen LogP contribution in [0.15, 0.2) is 0 Å². The van der Waals surface area contributed by atoms with Crippen LogP contribution >= 0.6 is 0 Å². The highest BCUT2D eigenvalue weighted by Crippen LogP contribution is 2.16. The molecule has 1 aliphatic rings. The van der Waals surface area contributed by atoms with Crippen molar-refractivity contribution in [2.24, 2.45) is 0 Å². The SMILES string of the molecule is CNC(C)(CCCCOCC1CCCCO1)C(=O)OC. The largest absolute Gasteiger partial charge is 0.468 e. The summed E-state index contributed by atoms with van der Waals surface area (Å²) < 4.78 is 16.1. The summed E-state index contributed by atoms with van der Waals surface area (Å²) in [4.78, 5) is 11.7. The lowest BCUT2D eigenvalue weighted by Crippen LogP contribution is -2.48. The van der Waals surface area contributed by atoms with E-state index in [1.165, 1.54) is 20.0 Å². The van der Waals surface area contributed by atoms with Gasteiger partial charge in [0.25, 0.3) is 0 Å². The standard InChI is InChI=1S/C15H29NO4/c1-15(16-2,14(17)18-3)9-5-7-10-19-12-13-8-4-6-11-20-13/h13,16H,4-12H2,1-3H3. The summed E-state index contributed by atoms with van der Waals surface area (Å²) in [6.07, 6.45) is 6.43. The van der Waals surface area contributed by atoms with Gasteiger partial charge in [0.15, 0.2) is 0 Å². The van der Waals surface area contributed by atoms with Gasteiger partial charge in [0.1, 0.15) is 5.54 Å².